The predicted molar refractivity (Wildman–Crippen MR) is 58.1 cm³/mol. The zero-order valence-electron chi connectivity index (χ0n) is 8.75. The second-order valence-electron chi connectivity index (χ2n) is 3.15. The van der Waals surface area contributed by atoms with Crippen LogP contribution in [0.5, 0.6) is 0 Å². The molecule has 0 fully saturated rings. The van der Waals surface area contributed by atoms with Crippen LogP contribution in [0.3, 0.4) is 0 Å². The normalized spacial score (nSPS) is 13.0. The average molecular weight is 204 g/mol. The quantitative estimate of drug-likeness (QED) is 0.532. The van der Waals surface area contributed by atoms with Crippen LogP contribution in [-0.4, -0.2) is 17.8 Å². The summed E-state index contributed by atoms with van der Waals surface area (Å²) in [5.74, 6) is 0.391. The van der Waals surface area contributed by atoms with Crippen molar-refractivity contribution in [3.8, 4) is 0 Å². The average Bonchev–Trinajstić information content (AvgIpc) is 2.06. The van der Waals surface area contributed by atoms with Gasteiger partial charge in [0.05, 0.1) is 13.0 Å². The van der Waals surface area contributed by atoms with Gasteiger partial charge in [-0.05, 0) is 12.8 Å². The number of hydrogen-bond acceptors (Lipinski definition) is 3. The maximum absolute atomic E-state index is 11.1. The molecule has 1 unspecified atom stereocenters. The van der Waals surface area contributed by atoms with E-state index in [9.17, 15) is 4.79 Å². The minimum Gasteiger partial charge on any atom is -0.466 e. The van der Waals surface area contributed by atoms with Crippen molar-refractivity contribution in [1.29, 1.82) is 0 Å². The van der Waals surface area contributed by atoms with Crippen LogP contribution in [0, 0.1) is 5.92 Å². The van der Waals surface area contributed by atoms with Gasteiger partial charge < -0.3 is 4.74 Å². The Bertz CT molecular complexity index is 144. The summed E-state index contributed by atoms with van der Waals surface area (Å²) in [6.07, 6.45) is 2.58. The highest BCUT2D eigenvalue weighted by atomic mass is 32.1. The summed E-state index contributed by atoms with van der Waals surface area (Å²) in [5.41, 5.74) is 0. The van der Waals surface area contributed by atoms with Crippen molar-refractivity contribution >= 4 is 18.6 Å². The number of hydrogen-bond donors (Lipinski definition) is 1. The Morgan fingerprint density at radius 1 is 1.31 bits per heavy atom. The first-order valence-corrected chi connectivity index (χ1v) is 5.50. The van der Waals surface area contributed by atoms with Crippen LogP contribution in [0.2, 0.25) is 0 Å². The molecule has 0 rings (SSSR count). The van der Waals surface area contributed by atoms with Crippen molar-refractivity contribution in [2.75, 3.05) is 6.61 Å². The lowest BCUT2D eigenvalue weighted by Crippen LogP contribution is -2.19. The molecule has 0 amide bonds. The van der Waals surface area contributed by atoms with E-state index in [1.165, 1.54) is 0 Å². The summed E-state index contributed by atoms with van der Waals surface area (Å²) in [5, 5.41) is 0.147. The molecular weight excluding hydrogens is 184 g/mol. The molecule has 1 atom stereocenters. The molecule has 0 N–H and O–H groups in total. The second kappa shape index (κ2) is 7.25. The summed E-state index contributed by atoms with van der Waals surface area (Å²) in [7, 11) is 0. The molecule has 78 valence electrons. The Morgan fingerprint density at radius 2 is 1.85 bits per heavy atom. The first kappa shape index (κ1) is 12.8. The van der Waals surface area contributed by atoms with Crippen LogP contribution in [0.1, 0.15) is 40.0 Å². The second-order valence-corrected chi connectivity index (χ2v) is 3.82. The van der Waals surface area contributed by atoms with E-state index in [0.29, 0.717) is 18.9 Å². The highest BCUT2D eigenvalue weighted by molar-refractivity contribution is 7.81. The van der Waals surface area contributed by atoms with E-state index in [1.807, 2.05) is 6.92 Å². The summed E-state index contributed by atoms with van der Waals surface area (Å²) in [4.78, 5) is 11.1. The van der Waals surface area contributed by atoms with E-state index in [0.717, 1.165) is 12.8 Å². The lowest BCUT2D eigenvalue weighted by atomic mass is 9.97. The van der Waals surface area contributed by atoms with Crippen molar-refractivity contribution in [2.45, 2.75) is 45.3 Å². The molecule has 0 aliphatic heterocycles. The molecule has 13 heavy (non-hydrogen) atoms. The Hall–Kier alpha value is -0.180. The third-order valence-corrected chi connectivity index (χ3v) is 2.88. The van der Waals surface area contributed by atoms with Crippen molar-refractivity contribution < 1.29 is 9.53 Å². The predicted octanol–water partition coefficient (Wildman–Crippen LogP) is 2.67. The van der Waals surface area contributed by atoms with Crippen molar-refractivity contribution in [3.63, 3.8) is 0 Å². The maximum atomic E-state index is 11.1. The van der Waals surface area contributed by atoms with Crippen LogP contribution in [0.4, 0.5) is 0 Å². The first-order valence-electron chi connectivity index (χ1n) is 4.99. The fourth-order valence-corrected chi connectivity index (χ4v) is 1.96. The molecule has 0 aromatic carbocycles. The number of esters is 1. The monoisotopic (exact) mass is 204 g/mol. The standard InChI is InChI=1S/C10H20O2S/c1-4-8(5-2)9(13)7-10(11)12-6-3/h8-9,13H,4-7H2,1-3H3. The molecule has 0 aliphatic rings. The van der Waals surface area contributed by atoms with E-state index in [4.69, 9.17) is 4.74 Å². The van der Waals surface area contributed by atoms with Gasteiger partial charge in [-0.1, -0.05) is 26.7 Å². The Morgan fingerprint density at radius 3 is 2.23 bits per heavy atom. The number of ether oxygens (including phenoxy) is 1. The molecular formula is C10H20O2S. The van der Waals surface area contributed by atoms with Crippen LogP contribution in [0.25, 0.3) is 0 Å². The molecule has 0 spiro atoms. The van der Waals surface area contributed by atoms with Crippen LogP contribution < -0.4 is 0 Å². The molecule has 0 aliphatic carbocycles. The zero-order chi connectivity index (χ0) is 10.3. The smallest absolute Gasteiger partial charge is 0.306 e. The highest BCUT2D eigenvalue weighted by Crippen LogP contribution is 2.21. The topological polar surface area (TPSA) is 26.3 Å². The van der Waals surface area contributed by atoms with Crippen molar-refractivity contribution in [1.82, 2.24) is 0 Å². The van der Waals surface area contributed by atoms with E-state index < -0.39 is 0 Å². The van der Waals surface area contributed by atoms with E-state index in [1.54, 1.807) is 0 Å². The zero-order valence-corrected chi connectivity index (χ0v) is 9.64. The van der Waals surface area contributed by atoms with Gasteiger partial charge >= 0.3 is 5.97 Å². The maximum Gasteiger partial charge on any atom is 0.306 e. The van der Waals surface area contributed by atoms with Gasteiger partial charge in [-0.2, -0.15) is 12.6 Å². The lowest BCUT2D eigenvalue weighted by molar-refractivity contribution is -0.143. The fourth-order valence-electron chi connectivity index (χ4n) is 1.39. The third kappa shape index (κ3) is 5.19. The summed E-state index contributed by atoms with van der Waals surface area (Å²) in [6, 6.07) is 0. The SMILES string of the molecule is CCOC(=O)CC(S)C(CC)CC. The highest BCUT2D eigenvalue weighted by Gasteiger charge is 2.18. The van der Waals surface area contributed by atoms with E-state index in [2.05, 4.69) is 26.5 Å². The number of carbonyl (C=O) groups excluding carboxylic acids is 1. The minimum absolute atomic E-state index is 0.130. The van der Waals surface area contributed by atoms with Gasteiger partial charge in [0, 0.05) is 5.25 Å². The molecule has 0 heterocycles. The molecule has 2 nitrogen and oxygen atoms in total. The molecule has 0 bridgehead atoms. The van der Waals surface area contributed by atoms with E-state index >= 15 is 0 Å². The van der Waals surface area contributed by atoms with Gasteiger partial charge in [0.25, 0.3) is 0 Å². The summed E-state index contributed by atoms with van der Waals surface area (Å²) in [6.45, 7) is 6.54. The molecule has 0 radical (unpaired) electrons. The third-order valence-electron chi connectivity index (χ3n) is 2.27. The van der Waals surface area contributed by atoms with Gasteiger partial charge in [-0.15, -0.1) is 0 Å². The van der Waals surface area contributed by atoms with Crippen molar-refractivity contribution in [2.24, 2.45) is 5.92 Å². The van der Waals surface area contributed by atoms with Gasteiger partial charge in [0.1, 0.15) is 0 Å². The van der Waals surface area contributed by atoms with Crippen LogP contribution in [0.15, 0.2) is 0 Å². The number of carbonyl (C=O) groups is 1. The van der Waals surface area contributed by atoms with Gasteiger partial charge in [0.2, 0.25) is 0 Å². The van der Waals surface area contributed by atoms with Gasteiger partial charge in [-0.3, -0.25) is 4.79 Å². The van der Waals surface area contributed by atoms with Crippen LogP contribution in [-0.2, 0) is 9.53 Å². The first-order chi connectivity index (χ1) is 6.15. The molecule has 0 saturated carbocycles. The van der Waals surface area contributed by atoms with Gasteiger partial charge in [-0.25, -0.2) is 0 Å². The van der Waals surface area contributed by atoms with Gasteiger partial charge in [0.15, 0.2) is 0 Å². The Balaban J connectivity index is 3.82. The molecule has 0 aromatic rings. The fraction of sp³-hybridized carbons (Fsp3) is 0.900. The molecule has 0 aromatic heterocycles. The summed E-state index contributed by atoms with van der Waals surface area (Å²) < 4.78 is 4.86. The molecule has 0 saturated heterocycles. The largest absolute Gasteiger partial charge is 0.466 e. The van der Waals surface area contributed by atoms with Crippen LogP contribution >= 0.6 is 12.6 Å². The Kier molecular flexibility index (Phi) is 7.14. The number of rotatable bonds is 6. The number of thiol groups is 1. The Labute approximate surface area is 86.5 Å². The minimum atomic E-state index is -0.130. The summed E-state index contributed by atoms with van der Waals surface area (Å²) >= 11 is 4.42. The van der Waals surface area contributed by atoms with Crippen molar-refractivity contribution in [3.05, 3.63) is 0 Å². The van der Waals surface area contributed by atoms with E-state index in [-0.39, 0.29) is 11.2 Å². The lowest BCUT2D eigenvalue weighted by Gasteiger charge is -2.19. The molecule has 3 heteroatoms.